The Labute approximate surface area is 168 Å². The molecule has 29 heavy (non-hydrogen) atoms. The van der Waals surface area contributed by atoms with Gasteiger partial charge in [0.05, 0.1) is 23.0 Å². The maximum Gasteiger partial charge on any atom is 0.416 e. The fourth-order valence-corrected chi connectivity index (χ4v) is 3.85. The van der Waals surface area contributed by atoms with Gasteiger partial charge < -0.3 is 0 Å². The summed E-state index contributed by atoms with van der Waals surface area (Å²) in [5.74, 6) is 0. The van der Waals surface area contributed by atoms with Crippen molar-refractivity contribution in [1.29, 1.82) is 0 Å². The molecule has 3 heterocycles. The fraction of sp³-hybridized carbons (Fsp3) is 0.304. The summed E-state index contributed by atoms with van der Waals surface area (Å²) < 4.78 is 38.2. The average Bonchev–Trinajstić information content (AvgIpc) is 3.17. The third kappa shape index (κ3) is 4.82. The molecule has 0 spiro atoms. The van der Waals surface area contributed by atoms with Crippen molar-refractivity contribution >= 4 is 0 Å². The van der Waals surface area contributed by atoms with E-state index in [-0.39, 0.29) is 6.04 Å². The van der Waals surface area contributed by atoms with Gasteiger partial charge in [-0.3, -0.25) is 14.9 Å². The number of hydrogen-bond acceptors (Lipinski definition) is 3. The van der Waals surface area contributed by atoms with Crippen LogP contribution in [-0.4, -0.2) is 21.4 Å². The number of rotatable bonds is 5. The Kier molecular flexibility index (Phi) is 5.62. The predicted octanol–water partition coefficient (Wildman–Crippen LogP) is 5.42. The number of pyridine rings is 2. The molecule has 0 saturated carbocycles. The van der Waals surface area contributed by atoms with Gasteiger partial charge in [0, 0.05) is 24.9 Å². The number of nitrogens with zero attached hydrogens (tertiary/aromatic N) is 3. The van der Waals surface area contributed by atoms with Crippen molar-refractivity contribution in [2.75, 3.05) is 6.54 Å². The monoisotopic (exact) mass is 397 g/mol. The van der Waals surface area contributed by atoms with E-state index in [9.17, 15) is 13.2 Å². The molecule has 0 N–H and O–H groups in total. The van der Waals surface area contributed by atoms with Crippen molar-refractivity contribution in [3.63, 3.8) is 0 Å². The first-order valence-corrected chi connectivity index (χ1v) is 9.75. The Morgan fingerprint density at radius 3 is 2.45 bits per heavy atom. The molecule has 1 aliphatic rings. The maximum absolute atomic E-state index is 12.7. The third-order valence-corrected chi connectivity index (χ3v) is 5.29. The van der Waals surface area contributed by atoms with Crippen LogP contribution in [0.15, 0.2) is 66.9 Å². The molecular formula is C23H22F3N3. The highest BCUT2D eigenvalue weighted by atomic mass is 19.4. The fourth-order valence-electron chi connectivity index (χ4n) is 3.85. The summed E-state index contributed by atoms with van der Waals surface area (Å²) in [7, 11) is 0. The summed E-state index contributed by atoms with van der Waals surface area (Å²) >= 11 is 0. The van der Waals surface area contributed by atoms with Gasteiger partial charge >= 0.3 is 6.18 Å². The van der Waals surface area contributed by atoms with Crippen LogP contribution in [0.5, 0.6) is 0 Å². The molecule has 1 fully saturated rings. The average molecular weight is 397 g/mol. The van der Waals surface area contributed by atoms with Crippen LogP contribution in [0.3, 0.4) is 0 Å². The largest absolute Gasteiger partial charge is 0.416 e. The molecule has 3 aromatic rings. The molecule has 1 aromatic carbocycles. The molecule has 1 aliphatic heterocycles. The zero-order chi connectivity index (χ0) is 20.3. The summed E-state index contributed by atoms with van der Waals surface area (Å²) in [4.78, 5) is 11.7. The van der Waals surface area contributed by atoms with Gasteiger partial charge in [-0.05, 0) is 61.3 Å². The van der Waals surface area contributed by atoms with Crippen molar-refractivity contribution in [2.24, 2.45) is 0 Å². The molecule has 2 aromatic heterocycles. The van der Waals surface area contributed by atoms with Gasteiger partial charge in [0.2, 0.25) is 0 Å². The molecule has 0 radical (unpaired) electrons. The highest BCUT2D eigenvalue weighted by Gasteiger charge is 2.30. The number of aromatic nitrogens is 2. The molecule has 150 valence electrons. The summed E-state index contributed by atoms with van der Waals surface area (Å²) in [6, 6.07) is 17.5. The van der Waals surface area contributed by atoms with E-state index >= 15 is 0 Å². The first kappa shape index (κ1) is 19.6. The lowest BCUT2D eigenvalue weighted by molar-refractivity contribution is -0.137. The maximum atomic E-state index is 12.7. The van der Waals surface area contributed by atoms with Crippen LogP contribution in [0.2, 0.25) is 0 Å². The molecule has 4 rings (SSSR count). The van der Waals surface area contributed by atoms with Crippen molar-refractivity contribution < 1.29 is 13.2 Å². The van der Waals surface area contributed by atoms with E-state index in [1.54, 1.807) is 0 Å². The van der Waals surface area contributed by atoms with E-state index < -0.39 is 11.7 Å². The lowest BCUT2D eigenvalue weighted by Gasteiger charge is -2.24. The zero-order valence-electron chi connectivity index (χ0n) is 15.9. The molecule has 1 atom stereocenters. The SMILES string of the molecule is FC(F)(F)c1ccc(Cc2cccc([C@H]3CCCN3Cc3ccccn3)n2)cc1. The van der Waals surface area contributed by atoms with E-state index in [4.69, 9.17) is 4.98 Å². The summed E-state index contributed by atoms with van der Waals surface area (Å²) in [5.41, 5.74) is 3.12. The second-order valence-corrected chi connectivity index (χ2v) is 7.37. The smallest absolute Gasteiger partial charge is 0.289 e. The van der Waals surface area contributed by atoms with Gasteiger partial charge in [-0.2, -0.15) is 13.2 Å². The standard InChI is InChI=1S/C23H22F3N3/c24-23(25,26)18-11-9-17(10-12-18)15-19-6-3-7-21(28-19)22-8-4-14-29(22)16-20-5-1-2-13-27-20/h1-3,5-7,9-13,22H,4,8,14-16H2/t22-/m1/s1. The van der Waals surface area contributed by atoms with Gasteiger partial charge in [0.25, 0.3) is 0 Å². The van der Waals surface area contributed by atoms with Crippen LogP contribution in [0.1, 0.15) is 47.1 Å². The lowest BCUT2D eigenvalue weighted by Crippen LogP contribution is -2.24. The number of likely N-dealkylation sites (tertiary alicyclic amines) is 1. The molecule has 0 aliphatic carbocycles. The van der Waals surface area contributed by atoms with E-state index in [2.05, 4.69) is 9.88 Å². The van der Waals surface area contributed by atoms with Crippen LogP contribution in [0, 0.1) is 0 Å². The number of benzene rings is 1. The van der Waals surface area contributed by atoms with Crippen molar-refractivity contribution in [3.8, 4) is 0 Å². The van der Waals surface area contributed by atoms with Crippen molar-refractivity contribution in [3.05, 3.63) is 95.1 Å². The van der Waals surface area contributed by atoms with E-state index in [1.165, 1.54) is 12.1 Å². The van der Waals surface area contributed by atoms with Gasteiger partial charge in [0.1, 0.15) is 0 Å². The van der Waals surface area contributed by atoms with Crippen LogP contribution in [0.25, 0.3) is 0 Å². The number of alkyl halides is 3. The topological polar surface area (TPSA) is 29.0 Å². The minimum atomic E-state index is -4.31. The molecule has 0 bridgehead atoms. The van der Waals surface area contributed by atoms with Crippen LogP contribution in [0.4, 0.5) is 13.2 Å². The zero-order valence-corrected chi connectivity index (χ0v) is 15.9. The Balaban J connectivity index is 1.48. The third-order valence-electron chi connectivity index (χ3n) is 5.29. The van der Waals surface area contributed by atoms with E-state index in [0.29, 0.717) is 6.42 Å². The van der Waals surface area contributed by atoms with Gasteiger partial charge in [-0.25, -0.2) is 0 Å². The Morgan fingerprint density at radius 2 is 1.72 bits per heavy atom. The second kappa shape index (κ2) is 8.33. The van der Waals surface area contributed by atoms with Crippen LogP contribution in [-0.2, 0) is 19.1 Å². The number of hydrogen-bond donors (Lipinski definition) is 0. The summed E-state index contributed by atoms with van der Waals surface area (Å²) in [5, 5.41) is 0. The summed E-state index contributed by atoms with van der Waals surface area (Å²) in [6.07, 6.45) is 0.171. The van der Waals surface area contributed by atoms with Gasteiger partial charge in [-0.1, -0.05) is 24.3 Å². The Morgan fingerprint density at radius 1 is 0.931 bits per heavy atom. The molecule has 0 amide bonds. The molecule has 0 unspecified atom stereocenters. The van der Waals surface area contributed by atoms with Gasteiger partial charge in [0.15, 0.2) is 0 Å². The van der Waals surface area contributed by atoms with Crippen molar-refractivity contribution in [2.45, 2.75) is 38.0 Å². The van der Waals surface area contributed by atoms with Crippen molar-refractivity contribution in [1.82, 2.24) is 14.9 Å². The van der Waals surface area contributed by atoms with E-state index in [0.717, 1.165) is 60.7 Å². The first-order chi connectivity index (χ1) is 14.0. The molecule has 6 heteroatoms. The second-order valence-electron chi connectivity index (χ2n) is 7.37. The Hall–Kier alpha value is -2.73. The minimum Gasteiger partial charge on any atom is -0.289 e. The number of halogens is 3. The minimum absolute atomic E-state index is 0.240. The highest BCUT2D eigenvalue weighted by molar-refractivity contribution is 5.28. The first-order valence-electron chi connectivity index (χ1n) is 9.75. The molecule has 1 saturated heterocycles. The molecule has 3 nitrogen and oxygen atoms in total. The summed E-state index contributed by atoms with van der Waals surface area (Å²) in [6.45, 7) is 1.79. The van der Waals surface area contributed by atoms with Crippen LogP contribution >= 0.6 is 0 Å². The lowest BCUT2D eigenvalue weighted by atomic mass is 10.1. The quantitative estimate of drug-likeness (QED) is 0.575. The molecular weight excluding hydrogens is 375 g/mol. The van der Waals surface area contributed by atoms with E-state index in [1.807, 2.05) is 42.6 Å². The van der Waals surface area contributed by atoms with Gasteiger partial charge in [-0.15, -0.1) is 0 Å². The normalized spacial score (nSPS) is 17.6. The van der Waals surface area contributed by atoms with Crippen LogP contribution < -0.4 is 0 Å². The Bertz CT molecular complexity index is 940. The highest BCUT2D eigenvalue weighted by Crippen LogP contribution is 2.32. The predicted molar refractivity (Wildman–Crippen MR) is 105 cm³/mol.